The molecule has 1 aliphatic heterocycles. The second kappa shape index (κ2) is 9.73. The first-order valence-electron chi connectivity index (χ1n) is 11.8. The van der Waals surface area contributed by atoms with Crippen LogP contribution in [0.5, 0.6) is 0 Å². The van der Waals surface area contributed by atoms with Crippen LogP contribution in [0.2, 0.25) is 5.02 Å². The molecule has 1 N–H and O–H groups in total. The fourth-order valence-corrected chi connectivity index (χ4v) is 4.88. The van der Waals surface area contributed by atoms with Crippen LogP contribution < -0.4 is 10.5 Å². The summed E-state index contributed by atoms with van der Waals surface area (Å²) in [6, 6.07) is 18.8. The lowest BCUT2D eigenvalue weighted by Crippen LogP contribution is -2.34. The van der Waals surface area contributed by atoms with E-state index in [-0.39, 0.29) is 22.5 Å². The average Bonchev–Trinajstić information content (AvgIpc) is 3.31. The van der Waals surface area contributed by atoms with Crippen molar-refractivity contribution in [2.24, 2.45) is 7.05 Å². The first-order valence-corrected chi connectivity index (χ1v) is 12.1. The molecule has 39 heavy (non-hydrogen) atoms. The predicted octanol–water partition coefficient (Wildman–Crippen LogP) is 4.67. The van der Waals surface area contributed by atoms with Crippen LogP contribution in [0.25, 0.3) is 11.4 Å². The number of anilines is 1. The smallest absolute Gasteiger partial charge is 0.300 e. The van der Waals surface area contributed by atoms with Gasteiger partial charge in [-0.15, -0.1) is 0 Å². The van der Waals surface area contributed by atoms with Gasteiger partial charge in [-0.3, -0.25) is 34.1 Å². The minimum Gasteiger partial charge on any atom is -0.507 e. The van der Waals surface area contributed by atoms with E-state index < -0.39 is 34.0 Å². The van der Waals surface area contributed by atoms with Crippen LogP contribution in [0, 0.1) is 17.0 Å². The second-order valence-corrected chi connectivity index (χ2v) is 9.37. The van der Waals surface area contributed by atoms with Crippen molar-refractivity contribution in [3.8, 4) is 5.69 Å². The van der Waals surface area contributed by atoms with Crippen molar-refractivity contribution in [3.05, 3.63) is 127 Å². The van der Waals surface area contributed by atoms with Crippen molar-refractivity contribution < 1.29 is 19.6 Å². The van der Waals surface area contributed by atoms with Crippen LogP contribution in [0.15, 0.2) is 89.2 Å². The van der Waals surface area contributed by atoms with Gasteiger partial charge in [0.05, 0.1) is 27.9 Å². The number of nitrogens with zero attached hydrogens (tertiary/aromatic N) is 4. The van der Waals surface area contributed by atoms with Gasteiger partial charge in [-0.25, -0.2) is 4.68 Å². The van der Waals surface area contributed by atoms with Crippen LogP contribution in [0.3, 0.4) is 0 Å². The van der Waals surface area contributed by atoms with Gasteiger partial charge < -0.3 is 5.11 Å². The lowest BCUT2D eigenvalue weighted by Gasteiger charge is -2.24. The Balaban J connectivity index is 1.77. The van der Waals surface area contributed by atoms with Crippen molar-refractivity contribution in [2.75, 3.05) is 4.90 Å². The first-order chi connectivity index (χ1) is 18.6. The van der Waals surface area contributed by atoms with Crippen molar-refractivity contribution in [1.29, 1.82) is 0 Å². The van der Waals surface area contributed by atoms with E-state index in [4.69, 9.17) is 11.6 Å². The number of rotatable bonds is 5. The van der Waals surface area contributed by atoms with Crippen LogP contribution in [0.1, 0.15) is 22.9 Å². The zero-order valence-electron chi connectivity index (χ0n) is 20.7. The largest absolute Gasteiger partial charge is 0.507 e. The molecule has 0 saturated carbocycles. The molecule has 1 aliphatic rings. The predicted molar refractivity (Wildman–Crippen MR) is 145 cm³/mol. The number of nitro benzene ring substituents is 1. The molecule has 11 heteroatoms. The molecule has 196 valence electrons. The molecule has 0 aliphatic carbocycles. The molecule has 2 heterocycles. The fraction of sp³-hybridized carbons (Fsp3) is 0.107. The van der Waals surface area contributed by atoms with E-state index in [1.54, 1.807) is 49.0 Å². The van der Waals surface area contributed by atoms with Crippen LogP contribution in [-0.2, 0) is 16.6 Å². The number of aliphatic hydroxyl groups excluding tert-OH is 1. The lowest BCUT2D eigenvalue weighted by atomic mass is 9.95. The molecule has 0 spiro atoms. The van der Waals surface area contributed by atoms with Gasteiger partial charge >= 0.3 is 0 Å². The third kappa shape index (κ3) is 4.20. The Kier molecular flexibility index (Phi) is 6.41. The number of halogens is 1. The summed E-state index contributed by atoms with van der Waals surface area (Å²) in [7, 11) is 1.65. The number of amides is 1. The highest BCUT2D eigenvalue weighted by molar-refractivity contribution is 6.51. The number of ketones is 1. The van der Waals surface area contributed by atoms with Gasteiger partial charge in [0.15, 0.2) is 0 Å². The lowest BCUT2D eigenvalue weighted by molar-refractivity contribution is -0.384. The second-order valence-electron chi connectivity index (χ2n) is 8.93. The zero-order valence-corrected chi connectivity index (χ0v) is 21.5. The number of hydrogen-bond acceptors (Lipinski definition) is 6. The molecule has 1 fully saturated rings. The maximum Gasteiger partial charge on any atom is 0.300 e. The number of aromatic nitrogens is 2. The monoisotopic (exact) mass is 544 g/mol. The molecular formula is C28H21ClN4O6. The maximum atomic E-state index is 13.8. The van der Waals surface area contributed by atoms with E-state index in [0.29, 0.717) is 22.0 Å². The number of aliphatic hydroxyl groups is 1. The van der Waals surface area contributed by atoms with Crippen molar-refractivity contribution in [2.45, 2.75) is 13.0 Å². The number of hydrogen-bond donors (Lipinski definition) is 1. The Bertz CT molecular complexity index is 1720. The molecule has 1 atom stereocenters. The van der Waals surface area contributed by atoms with E-state index in [1.165, 1.54) is 53.2 Å². The summed E-state index contributed by atoms with van der Waals surface area (Å²) in [5, 5.41) is 22.9. The summed E-state index contributed by atoms with van der Waals surface area (Å²) in [6.45, 7) is 1.64. The van der Waals surface area contributed by atoms with Crippen LogP contribution in [0.4, 0.5) is 11.4 Å². The number of carbonyl (C=O) groups is 2. The van der Waals surface area contributed by atoms with Gasteiger partial charge in [0, 0.05) is 29.8 Å². The SMILES string of the molecule is Cc1c(N2C(=O)C(=O)/C(=C(/O)c3ccc(Cl)cc3)C2c2ccc([N+](=O)[O-])cc2)c(=O)n(-c2ccccc2)n1C. The summed E-state index contributed by atoms with van der Waals surface area (Å²) in [5.74, 6) is -2.48. The molecule has 1 amide bonds. The Morgan fingerprint density at radius 1 is 0.949 bits per heavy atom. The van der Waals surface area contributed by atoms with Gasteiger partial charge in [0.25, 0.3) is 22.9 Å². The van der Waals surface area contributed by atoms with E-state index in [0.717, 1.165) is 4.90 Å². The standard InChI is InChI=1S/C28H21ClN4O6/c1-16-23(27(36)32(30(16)2)20-6-4-3-5-7-20)31-24(17-10-14-21(15-11-17)33(38)39)22(26(35)28(31)37)25(34)18-8-12-19(29)13-9-18/h3-15,24,34H,1-2H3/b25-22+. The minimum absolute atomic E-state index is 0.0537. The molecular weight excluding hydrogens is 524 g/mol. The third-order valence-corrected chi connectivity index (χ3v) is 7.00. The van der Waals surface area contributed by atoms with Gasteiger partial charge in [-0.2, -0.15) is 0 Å². The van der Waals surface area contributed by atoms with E-state index in [9.17, 15) is 29.6 Å². The summed E-state index contributed by atoms with van der Waals surface area (Å²) in [4.78, 5) is 52.6. The fourth-order valence-electron chi connectivity index (χ4n) is 4.75. The van der Waals surface area contributed by atoms with Gasteiger partial charge in [0.1, 0.15) is 11.4 Å². The zero-order chi connectivity index (χ0) is 28.0. The molecule has 0 radical (unpaired) electrons. The summed E-state index contributed by atoms with van der Waals surface area (Å²) >= 11 is 5.98. The average molecular weight is 545 g/mol. The quantitative estimate of drug-likeness (QED) is 0.128. The highest BCUT2D eigenvalue weighted by atomic mass is 35.5. The molecule has 3 aromatic carbocycles. The number of carbonyl (C=O) groups excluding carboxylic acids is 2. The molecule has 1 saturated heterocycles. The highest BCUT2D eigenvalue weighted by Gasteiger charge is 2.49. The number of Topliss-reactive ketones (excluding diaryl/α,β-unsaturated/α-hetero) is 1. The number of nitro groups is 1. The number of para-hydroxylation sites is 1. The summed E-state index contributed by atoms with van der Waals surface area (Å²) < 4.78 is 2.94. The third-order valence-electron chi connectivity index (χ3n) is 6.75. The minimum atomic E-state index is -1.24. The first kappa shape index (κ1) is 25.7. The maximum absolute atomic E-state index is 13.8. The van der Waals surface area contributed by atoms with Crippen LogP contribution in [-0.4, -0.2) is 31.1 Å². The number of benzene rings is 3. The molecule has 5 rings (SSSR count). The molecule has 0 bridgehead atoms. The van der Waals surface area contributed by atoms with Crippen molar-refractivity contribution in [3.63, 3.8) is 0 Å². The Labute approximate surface area is 226 Å². The number of non-ortho nitro benzene ring substituents is 1. The molecule has 4 aromatic rings. The van der Waals surface area contributed by atoms with Crippen molar-refractivity contribution in [1.82, 2.24) is 9.36 Å². The van der Waals surface area contributed by atoms with E-state index >= 15 is 0 Å². The topological polar surface area (TPSA) is 128 Å². The van der Waals surface area contributed by atoms with Gasteiger partial charge in [-0.05, 0) is 61.0 Å². The molecule has 1 unspecified atom stereocenters. The summed E-state index contributed by atoms with van der Waals surface area (Å²) in [6.07, 6.45) is 0. The van der Waals surface area contributed by atoms with Crippen molar-refractivity contribution >= 4 is 40.4 Å². The Morgan fingerprint density at radius 3 is 2.15 bits per heavy atom. The Hall–Kier alpha value is -4.96. The highest BCUT2D eigenvalue weighted by Crippen LogP contribution is 2.42. The van der Waals surface area contributed by atoms with Crippen LogP contribution >= 0.6 is 11.6 Å². The van der Waals surface area contributed by atoms with E-state index in [1.807, 2.05) is 0 Å². The van der Waals surface area contributed by atoms with Gasteiger partial charge in [-0.1, -0.05) is 29.8 Å². The normalized spacial score (nSPS) is 16.6. The van der Waals surface area contributed by atoms with Gasteiger partial charge in [0.2, 0.25) is 0 Å². The Morgan fingerprint density at radius 2 is 1.56 bits per heavy atom. The molecule has 1 aromatic heterocycles. The van der Waals surface area contributed by atoms with E-state index in [2.05, 4.69) is 0 Å². The molecule has 10 nitrogen and oxygen atoms in total. The summed E-state index contributed by atoms with van der Waals surface area (Å²) in [5.41, 5.74) is 0.400.